The molecule has 0 aliphatic carbocycles. The van der Waals surface area contributed by atoms with Crippen LogP contribution in [0.25, 0.3) is 0 Å². The molecule has 2 rings (SSSR count). The molecule has 100 valence electrons. The quantitative estimate of drug-likeness (QED) is 0.689. The van der Waals surface area contributed by atoms with Gasteiger partial charge in [-0.2, -0.15) is 0 Å². The Balaban J connectivity index is 2.28. The Morgan fingerprint density at radius 1 is 1.42 bits per heavy atom. The summed E-state index contributed by atoms with van der Waals surface area (Å²) in [5, 5.41) is 20.1. The van der Waals surface area contributed by atoms with E-state index in [0.29, 0.717) is 18.1 Å². The molecule has 0 saturated heterocycles. The first-order chi connectivity index (χ1) is 9.02. The summed E-state index contributed by atoms with van der Waals surface area (Å²) in [6.45, 7) is 2.04. The van der Waals surface area contributed by atoms with Crippen LogP contribution >= 0.6 is 11.6 Å². The Hall–Kier alpha value is -1.92. The van der Waals surface area contributed by atoms with Crippen LogP contribution in [0, 0.1) is 17.0 Å². The number of nitrogens with zero attached hydrogens (tertiary/aromatic N) is 3. The molecule has 1 N–H and O–H groups in total. The van der Waals surface area contributed by atoms with Crippen molar-refractivity contribution in [1.29, 1.82) is 0 Å². The molecule has 0 saturated carbocycles. The van der Waals surface area contributed by atoms with Crippen molar-refractivity contribution >= 4 is 17.3 Å². The summed E-state index contributed by atoms with van der Waals surface area (Å²) in [7, 11) is 0. The SMILES string of the molecule is Cc1nc(Cl)c(CO)n1Cc1ccc([N+](=O)[O-])cc1. The second-order valence-corrected chi connectivity index (χ2v) is 4.42. The average molecular weight is 282 g/mol. The van der Waals surface area contributed by atoms with Gasteiger partial charge in [0.1, 0.15) is 5.82 Å². The van der Waals surface area contributed by atoms with Crippen LogP contribution in [0.2, 0.25) is 5.15 Å². The lowest BCUT2D eigenvalue weighted by atomic mass is 10.2. The Morgan fingerprint density at radius 3 is 2.58 bits per heavy atom. The van der Waals surface area contributed by atoms with Crippen molar-refractivity contribution < 1.29 is 10.0 Å². The lowest BCUT2D eigenvalue weighted by Gasteiger charge is -2.08. The fourth-order valence-electron chi connectivity index (χ4n) is 1.84. The van der Waals surface area contributed by atoms with E-state index in [9.17, 15) is 15.2 Å². The van der Waals surface area contributed by atoms with Gasteiger partial charge >= 0.3 is 0 Å². The molecule has 1 aromatic carbocycles. The van der Waals surface area contributed by atoms with Crippen molar-refractivity contribution in [3.8, 4) is 0 Å². The number of nitro benzene ring substituents is 1. The van der Waals surface area contributed by atoms with E-state index in [1.54, 1.807) is 23.6 Å². The number of hydrogen-bond acceptors (Lipinski definition) is 4. The van der Waals surface area contributed by atoms with E-state index in [1.807, 2.05) is 0 Å². The van der Waals surface area contributed by atoms with E-state index in [4.69, 9.17) is 11.6 Å². The Morgan fingerprint density at radius 2 is 2.05 bits per heavy atom. The second-order valence-electron chi connectivity index (χ2n) is 4.06. The van der Waals surface area contributed by atoms with Gasteiger partial charge in [0.15, 0.2) is 5.15 Å². The van der Waals surface area contributed by atoms with Gasteiger partial charge in [-0.1, -0.05) is 23.7 Å². The molecular formula is C12H12ClN3O3. The van der Waals surface area contributed by atoms with Crippen LogP contribution < -0.4 is 0 Å². The summed E-state index contributed by atoms with van der Waals surface area (Å²) in [5.41, 5.74) is 1.46. The van der Waals surface area contributed by atoms with Crippen molar-refractivity contribution in [3.05, 3.63) is 56.6 Å². The molecule has 0 amide bonds. The number of imidazole rings is 1. The maximum absolute atomic E-state index is 10.6. The van der Waals surface area contributed by atoms with Crippen molar-refractivity contribution in [2.75, 3.05) is 0 Å². The topological polar surface area (TPSA) is 81.2 Å². The highest BCUT2D eigenvalue weighted by molar-refractivity contribution is 6.30. The van der Waals surface area contributed by atoms with E-state index in [1.165, 1.54) is 12.1 Å². The molecule has 7 heteroatoms. The fraction of sp³-hybridized carbons (Fsp3) is 0.250. The number of non-ortho nitro benzene ring substituents is 1. The molecular weight excluding hydrogens is 270 g/mol. The third-order valence-electron chi connectivity index (χ3n) is 2.85. The normalized spacial score (nSPS) is 10.7. The van der Waals surface area contributed by atoms with E-state index in [-0.39, 0.29) is 17.4 Å². The van der Waals surface area contributed by atoms with E-state index in [2.05, 4.69) is 4.98 Å². The van der Waals surface area contributed by atoms with Crippen molar-refractivity contribution in [3.63, 3.8) is 0 Å². The highest BCUT2D eigenvalue weighted by Gasteiger charge is 2.13. The minimum atomic E-state index is -0.442. The third kappa shape index (κ3) is 2.74. The maximum atomic E-state index is 10.6. The van der Waals surface area contributed by atoms with Crippen molar-refractivity contribution in [2.24, 2.45) is 0 Å². The second kappa shape index (κ2) is 5.38. The summed E-state index contributed by atoms with van der Waals surface area (Å²) >= 11 is 5.90. The molecule has 0 spiro atoms. The van der Waals surface area contributed by atoms with Crippen LogP contribution in [0.15, 0.2) is 24.3 Å². The third-order valence-corrected chi connectivity index (χ3v) is 3.15. The first-order valence-electron chi connectivity index (χ1n) is 5.58. The minimum Gasteiger partial charge on any atom is -0.390 e. The van der Waals surface area contributed by atoms with Crippen LogP contribution in [-0.4, -0.2) is 19.6 Å². The molecule has 1 heterocycles. The summed E-state index contributed by atoms with van der Waals surface area (Å²) in [5.74, 6) is 0.687. The van der Waals surface area contributed by atoms with Crippen molar-refractivity contribution in [2.45, 2.75) is 20.1 Å². The molecule has 0 aliphatic rings. The smallest absolute Gasteiger partial charge is 0.269 e. The summed E-state index contributed by atoms with van der Waals surface area (Å²) in [6.07, 6.45) is 0. The summed E-state index contributed by atoms with van der Waals surface area (Å²) in [6, 6.07) is 6.24. The number of rotatable bonds is 4. The number of aromatic nitrogens is 2. The Kier molecular flexibility index (Phi) is 3.82. The number of aliphatic hydroxyl groups excluding tert-OH is 1. The lowest BCUT2D eigenvalue weighted by molar-refractivity contribution is -0.384. The zero-order chi connectivity index (χ0) is 14.0. The van der Waals surface area contributed by atoms with Crippen LogP contribution in [0.1, 0.15) is 17.1 Å². The zero-order valence-corrected chi connectivity index (χ0v) is 11.0. The maximum Gasteiger partial charge on any atom is 0.269 e. The standard InChI is InChI=1S/C12H12ClN3O3/c1-8-14-12(13)11(7-17)15(8)6-9-2-4-10(5-3-9)16(18)19/h2-5,17H,6-7H2,1H3. The predicted molar refractivity (Wildman–Crippen MR) is 70.1 cm³/mol. The Labute approximate surface area is 114 Å². The Bertz CT molecular complexity index is 607. The minimum absolute atomic E-state index is 0.0477. The van der Waals surface area contributed by atoms with Gasteiger partial charge < -0.3 is 9.67 Å². The van der Waals surface area contributed by atoms with Gasteiger partial charge in [-0.3, -0.25) is 10.1 Å². The van der Waals surface area contributed by atoms with Gasteiger partial charge in [0.25, 0.3) is 5.69 Å². The number of hydrogen-bond donors (Lipinski definition) is 1. The number of nitro groups is 1. The lowest BCUT2D eigenvalue weighted by Crippen LogP contribution is -2.06. The van der Waals surface area contributed by atoms with Crippen LogP contribution in [0.4, 0.5) is 5.69 Å². The van der Waals surface area contributed by atoms with Gasteiger partial charge in [0.05, 0.1) is 17.2 Å². The van der Waals surface area contributed by atoms with Gasteiger partial charge in [0, 0.05) is 18.7 Å². The highest BCUT2D eigenvalue weighted by atomic mass is 35.5. The first-order valence-corrected chi connectivity index (χ1v) is 5.96. The van der Waals surface area contributed by atoms with Gasteiger partial charge in [-0.05, 0) is 12.5 Å². The number of benzene rings is 1. The van der Waals surface area contributed by atoms with Gasteiger partial charge in [-0.15, -0.1) is 0 Å². The van der Waals surface area contributed by atoms with E-state index >= 15 is 0 Å². The number of halogens is 1. The predicted octanol–water partition coefficient (Wildman–Crippen LogP) is 2.29. The van der Waals surface area contributed by atoms with E-state index < -0.39 is 4.92 Å². The number of aryl methyl sites for hydroxylation is 1. The molecule has 2 aromatic rings. The van der Waals surface area contributed by atoms with Crippen LogP contribution in [0.3, 0.4) is 0 Å². The first kappa shape index (κ1) is 13.5. The average Bonchev–Trinajstić information content (AvgIpc) is 2.64. The molecule has 0 aliphatic heterocycles. The largest absolute Gasteiger partial charge is 0.390 e. The summed E-state index contributed by atoms with van der Waals surface area (Å²) < 4.78 is 1.78. The highest BCUT2D eigenvalue weighted by Crippen LogP contribution is 2.20. The molecule has 0 radical (unpaired) electrons. The van der Waals surface area contributed by atoms with Gasteiger partial charge in [0.2, 0.25) is 0 Å². The number of aliphatic hydroxyl groups is 1. The van der Waals surface area contributed by atoms with Gasteiger partial charge in [-0.25, -0.2) is 4.98 Å². The molecule has 19 heavy (non-hydrogen) atoms. The molecule has 1 aromatic heterocycles. The van der Waals surface area contributed by atoms with E-state index in [0.717, 1.165) is 5.56 Å². The molecule has 0 unspecified atom stereocenters. The van der Waals surface area contributed by atoms with Crippen LogP contribution in [-0.2, 0) is 13.2 Å². The molecule has 0 fully saturated rings. The van der Waals surface area contributed by atoms with Crippen LogP contribution in [0.5, 0.6) is 0 Å². The monoisotopic (exact) mass is 281 g/mol. The molecule has 0 atom stereocenters. The zero-order valence-electron chi connectivity index (χ0n) is 10.2. The molecule has 0 bridgehead atoms. The summed E-state index contributed by atoms with van der Waals surface area (Å²) in [4.78, 5) is 14.2. The fourth-order valence-corrected chi connectivity index (χ4v) is 2.12. The molecule has 6 nitrogen and oxygen atoms in total. The van der Waals surface area contributed by atoms with Crippen molar-refractivity contribution in [1.82, 2.24) is 9.55 Å².